The summed E-state index contributed by atoms with van der Waals surface area (Å²) in [4.78, 5) is 12.2. The van der Waals surface area contributed by atoms with Crippen LogP contribution in [0, 0.1) is 18.6 Å². The molecule has 3 aromatic carbocycles. The Hall–Kier alpha value is -3.44. The molecule has 1 fully saturated rings. The highest BCUT2D eigenvalue weighted by Crippen LogP contribution is 2.26. The number of anilines is 1. The Morgan fingerprint density at radius 3 is 2.68 bits per heavy atom. The number of hydrogen-bond acceptors (Lipinski definition) is 6. The molecule has 0 saturated carbocycles. The van der Waals surface area contributed by atoms with E-state index in [1.54, 1.807) is 35.5 Å². The van der Waals surface area contributed by atoms with E-state index in [-0.39, 0.29) is 4.90 Å². The minimum atomic E-state index is -3.85. The van der Waals surface area contributed by atoms with Crippen LogP contribution in [0.2, 0.25) is 0 Å². The van der Waals surface area contributed by atoms with Gasteiger partial charge in [-0.3, -0.25) is 19.4 Å². The summed E-state index contributed by atoms with van der Waals surface area (Å²) in [6.45, 7) is 4.18. The largest absolute Gasteiger partial charge is 0.293 e. The van der Waals surface area contributed by atoms with Crippen molar-refractivity contribution in [2.75, 3.05) is 24.5 Å². The number of para-hydroxylation sites is 1. The lowest BCUT2D eigenvalue weighted by Gasteiger charge is -2.19. The molecule has 5 rings (SSSR count). The average molecular weight is 525 g/mol. The first-order valence-corrected chi connectivity index (χ1v) is 13.3. The van der Waals surface area contributed by atoms with Gasteiger partial charge in [0, 0.05) is 36.8 Å². The topological polar surface area (TPSA) is 74.8 Å². The first kappa shape index (κ1) is 25.2. The Morgan fingerprint density at radius 1 is 1.03 bits per heavy atom. The highest BCUT2D eigenvalue weighted by molar-refractivity contribution is 7.93. The van der Waals surface area contributed by atoms with Crippen molar-refractivity contribution in [2.45, 2.75) is 25.0 Å². The third kappa shape index (κ3) is 5.62. The molecule has 0 atom stereocenters. The number of pyridine rings is 1. The van der Waals surface area contributed by atoms with Gasteiger partial charge >= 0.3 is 0 Å². The lowest BCUT2D eigenvalue weighted by atomic mass is 10.1. The van der Waals surface area contributed by atoms with Crippen LogP contribution < -0.4 is 4.72 Å². The van der Waals surface area contributed by atoms with Crippen molar-refractivity contribution in [3.63, 3.8) is 0 Å². The SMILES string of the molecule is Cc1cc(CON2CCN(Cc3cccc(F)c3F)C2)ccc1NS(=O)(=O)c1cccc2cccnc12. The Kier molecular flexibility index (Phi) is 7.16. The Morgan fingerprint density at radius 2 is 1.84 bits per heavy atom. The average Bonchev–Trinajstić information content (AvgIpc) is 3.34. The first-order valence-electron chi connectivity index (χ1n) is 11.8. The minimum Gasteiger partial charge on any atom is -0.293 e. The monoisotopic (exact) mass is 524 g/mol. The summed E-state index contributed by atoms with van der Waals surface area (Å²) in [7, 11) is -3.85. The molecule has 1 aliphatic rings. The number of nitrogens with one attached hydrogen (secondary N) is 1. The lowest BCUT2D eigenvalue weighted by molar-refractivity contribution is -0.162. The second-order valence-corrected chi connectivity index (χ2v) is 10.6. The van der Waals surface area contributed by atoms with Gasteiger partial charge in [0.05, 0.1) is 24.5 Å². The van der Waals surface area contributed by atoms with Crippen LogP contribution in [0.4, 0.5) is 14.5 Å². The molecule has 7 nitrogen and oxygen atoms in total. The summed E-state index contributed by atoms with van der Waals surface area (Å²) in [6.07, 6.45) is 1.57. The maximum atomic E-state index is 14.0. The second-order valence-electron chi connectivity index (χ2n) is 8.97. The molecule has 0 spiro atoms. The van der Waals surface area contributed by atoms with E-state index in [2.05, 4.69) is 9.71 Å². The molecule has 37 heavy (non-hydrogen) atoms. The molecule has 1 N–H and O–H groups in total. The molecular formula is C27H26F2N4O3S. The summed E-state index contributed by atoms with van der Waals surface area (Å²) < 4.78 is 56.4. The van der Waals surface area contributed by atoms with E-state index < -0.39 is 21.7 Å². The van der Waals surface area contributed by atoms with Crippen LogP contribution >= 0.6 is 0 Å². The molecule has 0 amide bonds. The third-order valence-corrected chi connectivity index (χ3v) is 7.68. The van der Waals surface area contributed by atoms with Crippen LogP contribution in [0.3, 0.4) is 0 Å². The van der Waals surface area contributed by atoms with E-state index in [0.717, 1.165) is 22.6 Å². The smallest absolute Gasteiger partial charge is 0.264 e. The minimum absolute atomic E-state index is 0.120. The van der Waals surface area contributed by atoms with Crippen molar-refractivity contribution in [1.82, 2.24) is 14.9 Å². The highest BCUT2D eigenvalue weighted by Gasteiger charge is 2.23. The summed E-state index contributed by atoms with van der Waals surface area (Å²) in [6, 6.07) is 18.2. The zero-order valence-corrected chi connectivity index (χ0v) is 21.0. The molecule has 1 saturated heterocycles. The fourth-order valence-electron chi connectivity index (χ4n) is 4.35. The Labute approximate surface area is 214 Å². The van der Waals surface area contributed by atoms with Gasteiger partial charge in [-0.25, -0.2) is 17.2 Å². The van der Waals surface area contributed by atoms with Crippen molar-refractivity contribution in [1.29, 1.82) is 0 Å². The van der Waals surface area contributed by atoms with Crippen LogP contribution in [0.15, 0.2) is 77.8 Å². The van der Waals surface area contributed by atoms with Crippen molar-refractivity contribution in [3.05, 3.63) is 101 Å². The Balaban J connectivity index is 1.20. The molecule has 1 aliphatic heterocycles. The normalized spacial score (nSPS) is 14.9. The zero-order valence-electron chi connectivity index (χ0n) is 20.2. The predicted octanol–water partition coefficient (Wildman–Crippen LogP) is 4.83. The Bertz CT molecular complexity index is 1540. The molecule has 2 heterocycles. The first-order chi connectivity index (χ1) is 17.8. The number of benzene rings is 3. The number of hydrogen-bond donors (Lipinski definition) is 1. The molecule has 192 valence electrons. The number of hydroxylamine groups is 2. The molecule has 0 unspecified atom stereocenters. The van der Waals surface area contributed by atoms with Gasteiger partial charge in [-0.05, 0) is 42.3 Å². The lowest BCUT2D eigenvalue weighted by Crippen LogP contribution is -2.26. The van der Waals surface area contributed by atoms with Crippen molar-refractivity contribution >= 4 is 26.6 Å². The number of rotatable bonds is 8. The van der Waals surface area contributed by atoms with E-state index in [0.29, 0.717) is 49.7 Å². The van der Waals surface area contributed by atoms with Crippen LogP contribution in [0.1, 0.15) is 16.7 Å². The summed E-state index contributed by atoms with van der Waals surface area (Å²) >= 11 is 0. The van der Waals surface area contributed by atoms with Gasteiger partial charge in [-0.1, -0.05) is 42.5 Å². The van der Waals surface area contributed by atoms with Gasteiger partial charge < -0.3 is 0 Å². The quantitative estimate of drug-likeness (QED) is 0.356. The van der Waals surface area contributed by atoms with E-state index in [1.165, 1.54) is 12.1 Å². The summed E-state index contributed by atoms with van der Waals surface area (Å²) in [5, 5.41) is 2.52. The molecule has 0 radical (unpaired) electrons. The van der Waals surface area contributed by atoms with Gasteiger partial charge in [0.15, 0.2) is 11.6 Å². The summed E-state index contributed by atoms with van der Waals surface area (Å²) in [5.41, 5.74) is 2.83. The van der Waals surface area contributed by atoms with Gasteiger partial charge in [0.25, 0.3) is 10.0 Å². The van der Waals surface area contributed by atoms with Gasteiger partial charge in [-0.15, -0.1) is 0 Å². The van der Waals surface area contributed by atoms with Crippen LogP contribution in [0.25, 0.3) is 10.9 Å². The predicted molar refractivity (Wildman–Crippen MR) is 137 cm³/mol. The van der Waals surface area contributed by atoms with Gasteiger partial charge in [-0.2, -0.15) is 5.06 Å². The van der Waals surface area contributed by atoms with E-state index in [4.69, 9.17) is 4.84 Å². The standard InChI is InChI=1S/C27H26F2N4O3S/c1-19-15-20(17-36-33-14-13-32(18-33)16-22-6-2-8-23(28)26(22)29)10-11-24(19)31-37(34,35)25-9-3-5-21-7-4-12-30-27(21)25/h2-12,15,31H,13-14,16-18H2,1H3. The van der Waals surface area contributed by atoms with Gasteiger partial charge in [0.1, 0.15) is 4.90 Å². The number of fused-ring (bicyclic) bond motifs is 1. The number of sulfonamides is 1. The maximum absolute atomic E-state index is 14.0. The van der Waals surface area contributed by atoms with E-state index in [9.17, 15) is 17.2 Å². The second kappa shape index (κ2) is 10.5. The fourth-order valence-corrected chi connectivity index (χ4v) is 5.66. The number of aromatic nitrogens is 1. The summed E-state index contributed by atoms with van der Waals surface area (Å²) in [5.74, 6) is -1.66. The molecule has 4 aromatic rings. The van der Waals surface area contributed by atoms with E-state index >= 15 is 0 Å². The number of aryl methyl sites for hydroxylation is 1. The molecule has 10 heteroatoms. The third-order valence-electron chi connectivity index (χ3n) is 6.28. The van der Waals surface area contributed by atoms with E-state index in [1.807, 2.05) is 36.1 Å². The van der Waals surface area contributed by atoms with Gasteiger partial charge in [0.2, 0.25) is 0 Å². The van der Waals surface area contributed by atoms with Crippen LogP contribution in [-0.2, 0) is 28.0 Å². The molecular weight excluding hydrogens is 498 g/mol. The molecule has 1 aromatic heterocycles. The maximum Gasteiger partial charge on any atom is 0.264 e. The van der Waals surface area contributed by atoms with Crippen molar-refractivity contribution in [3.8, 4) is 0 Å². The van der Waals surface area contributed by atoms with Crippen molar-refractivity contribution in [2.24, 2.45) is 0 Å². The number of nitrogens with zero attached hydrogens (tertiary/aromatic N) is 3. The molecule has 0 bridgehead atoms. The fraction of sp³-hybridized carbons (Fsp3) is 0.222. The van der Waals surface area contributed by atoms with Crippen LogP contribution in [0.5, 0.6) is 0 Å². The van der Waals surface area contributed by atoms with Crippen molar-refractivity contribution < 1.29 is 22.0 Å². The van der Waals surface area contributed by atoms with Crippen LogP contribution in [-0.4, -0.2) is 43.1 Å². The zero-order chi connectivity index (χ0) is 26.0. The number of halogens is 2. The highest BCUT2D eigenvalue weighted by atomic mass is 32.2. The molecule has 0 aliphatic carbocycles.